The zero-order valence-electron chi connectivity index (χ0n) is 20.9. The zero-order valence-corrected chi connectivity index (χ0v) is 20.9. The summed E-state index contributed by atoms with van der Waals surface area (Å²) < 4.78 is 71.4. The van der Waals surface area contributed by atoms with Gasteiger partial charge in [0, 0.05) is 38.6 Å². The van der Waals surface area contributed by atoms with Crippen molar-refractivity contribution in [2.75, 3.05) is 32.8 Å². The summed E-state index contributed by atoms with van der Waals surface area (Å²) in [5.41, 5.74) is 2.06. The number of ether oxygens (including phenoxy) is 1. The van der Waals surface area contributed by atoms with Gasteiger partial charge in [-0.3, -0.25) is 19.4 Å². The molecule has 17 heteroatoms. The summed E-state index contributed by atoms with van der Waals surface area (Å²) in [7, 11) is 0. The van der Waals surface area contributed by atoms with Gasteiger partial charge in [-0.25, -0.2) is 9.59 Å². The Morgan fingerprint density at radius 3 is 2.08 bits per heavy atom. The minimum atomic E-state index is -5.08. The maximum Gasteiger partial charge on any atom is 0.490 e. The maximum atomic E-state index is 12.5. The Bertz CT molecular complexity index is 1080. The van der Waals surface area contributed by atoms with E-state index in [1.807, 2.05) is 40.0 Å². The lowest BCUT2D eigenvalue weighted by molar-refractivity contribution is -0.193. The second kappa shape index (κ2) is 14.6. The fourth-order valence-electron chi connectivity index (χ4n) is 3.75. The predicted molar refractivity (Wildman–Crippen MR) is 124 cm³/mol. The minimum Gasteiger partial charge on any atom is -0.475 e. The van der Waals surface area contributed by atoms with Gasteiger partial charge >= 0.3 is 24.3 Å². The lowest BCUT2D eigenvalue weighted by Crippen LogP contribution is -2.45. The van der Waals surface area contributed by atoms with E-state index in [-0.39, 0.29) is 11.9 Å². The largest absolute Gasteiger partial charge is 0.490 e. The van der Waals surface area contributed by atoms with Crippen LogP contribution in [-0.4, -0.2) is 97.8 Å². The molecular weight excluding hydrogens is 556 g/mol. The number of aliphatic carboxylic acids is 2. The number of amides is 1. The highest BCUT2D eigenvalue weighted by atomic mass is 19.4. The van der Waals surface area contributed by atoms with Crippen molar-refractivity contribution < 1.29 is 55.7 Å². The predicted octanol–water partition coefficient (Wildman–Crippen LogP) is 2.74. The number of likely N-dealkylation sites (tertiary alicyclic amines) is 1. The van der Waals surface area contributed by atoms with Crippen molar-refractivity contribution in [3.8, 4) is 0 Å². The number of aromatic nitrogens is 3. The number of carbonyl (C=O) groups excluding carboxylic acids is 1. The van der Waals surface area contributed by atoms with Crippen LogP contribution >= 0.6 is 0 Å². The highest BCUT2D eigenvalue weighted by molar-refractivity contribution is 5.78. The number of nitrogens with zero attached hydrogens (tertiary/aromatic N) is 5. The van der Waals surface area contributed by atoms with Crippen molar-refractivity contribution in [1.82, 2.24) is 24.6 Å². The highest BCUT2D eigenvalue weighted by Gasteiger charge is 2.39. The average Bonchev–Trinajstić information content (AvgIpc) is 3.57. The number of rotatable bonds is 6. The molecule has 0 radical (unpaired) electrons. The van der Waals surface area contributed by atoms with Crippen LogP contribution in [0.1, 0.15) is 30.3 Å². The molecule has 0 spiro atoms. The van der Waals surface area contributed by atoms with Crippen molar-refractivity contribution in [3.63, 3.8) is 0 Å². The Morgan fingerprint density at radius 1 is 0.950 bits per heavy atom. The SMILES string of the molecule is O=C(CN1Cc2ccnn2C(COCc2ccccn2)C1)N1CCCC1.O=C(O)C(F)(F)F.O=C(O)C(F)(F)F. The van der Waals surface area contributed by atoms with Crippen molar-refractivity contribution in [3.05, 3.63) is 48.0 Å². The number of carboxylic acid groups (broad SMARTS) is 2. The number of hydrogen-bond donors (Lipinski definition) is 2. The normalized spacial score (nSPS) is 17.1. The monoisotopic (exact) mass is 583 g/mol. The van der Waals surface area contributed by atoms with Gasteiger partial charge in [0.25, 0.3) is 0 Å². The van der Waals surface area contributed by atoms with Crippen molar-refractivity contribution >= 4 is 17.8 Å². The van der Waals surface area contributed by atoms with E-state index in [0.717, 1.165) is 50.4 Å². The first-order valence-corrected chi connectivity index (χ1v) is 11.8. The van der Waals surface area contributed by atoms with Crippen LogP contribution in [0.2, 0.25) is 0 Å². The molecule has 1 atom stereocenters. The van der Waals surface area contributed by atoms with Crippen LogP contribution in [0.5, 0.6) is 0 Å². The minimum absolute atomic E-state index is 0.115. The molecular formula is C23H27F6N5O6. The Morgan fingerprint density at radius 2 is 1.55 bits per heavy atom. The van der Waals surface area contributed by atoms with Crippen LogP contribution in [0.3, 0.4) is 0 Å². The van der Waals surface area contributed by atoms with Crippen LogP contribution in [0, 0.1) is 0 Å². The third-order valence-corrected chi connectivity index (χ3v) is 5.54. The molecule has 2 aromatic rings. The summed E-state index contributed by atoms with van der Waals surface area (Å²) in [6, 6.07) is 7.96. The van der Waals surface area contributed by atoms with Gasteiger partial charge < -0.3 is 19.8 Å². The van der Waals surface area contributed by atoms with E-state index in [9.17, 15) is 31.1 Å². The molecule has 4 rings (SSSR count). The maximum absolute atomic E-state index is 12.5. The molecule has 1 amide bonds. The lowest BCUT2D eigenvalue weighted by Gasteiger charge is -2.34. The average molecular weight is 583 g/mol. The summed E-state index contributed by atoms with van der Waals surface area (Å²) in [4.78, 5) is 38.8. The molecule has 2 aliphatic rings. The Kier molecular flexibility index (Phi) is 11.9. The number of fused-ring (bicyclic) bond motifs is 1. The summed E-state index contributed by atoms with van der Waals surface area (Å²) in [6.45, 7) is 4.86. The molecule has 2 aromatic heterocycles. The summed E-state index contributed by atoms with van der Waals surface area (Å²) in [5.74, 6) is -5.27. The standard InChI is InChI=1S/C19H25N5O2.2C2HF3O2/c25-19(23-9-3-4-10-23)13-22-11-17-6-8-21-24(17)18(12-22)15-26-14-16-5-1-2-7-20-16;2*3-2(4,5)1(6)7/h1-2,5-8,18H,3-4,9-15H2;2*(H,6,7). The number of carbonyl (C=O) groups is 3. The molecule has 2 aliphatic heterocycles. The van der Waals surface area contributed by atoms with Gasteiger partial charge in [-0.2, -0.15) is 31.4 Å². The molecule has 1 fully saturated rings. The Balaban J connectivity index is 0.000000333. The molecule has 2 N–H and O–H groups in total. The molecule has 222 valence electrons. The van der Waals surface area contributed by atoms with Gasteiger partial charge in [0.2, 0.25) is 5.91 Å². The fourth-order valence-corrected chi connectivity index (χ4v) is 3.75. The topological polar surface area (TPSA) is 138 Å². The van der Waals surface area contributed by atoms with Crippen molar-refractivity contribution in [2.45, 2.75) is 44.4 Å². The van der Waals surface area contributed by atoms with E-state index < -0.39 is 24.3 Å². The lowest BCUT2D eigenvalue weighted by atomic mass is 10.2. The van der Waals surface area contributed by atoms with Crippen LogP contribution in [0.4, 0.5) is 26.3 Å². The van der Waals surface area contributed by atoms with Gasteiger partial charge in [0.1, 0.15) is 0 Å². The molecule has 0 saturated carbocycles. The number of alkyl halides is 6. The molecule has 0 bridgehead atoms. The number of hydrogen-bond acceptors (Lipinski definition) is 7. The third kappa shape index (κ3) is 10.8. The second-order valence-electron chi connectivity index (χ2n) is 8.62. The Hall–Kier alpha value is -3.73. The van der Waals surface area contributed by atoms with Crippen molar-refractivity contribution in [1.29, 1.82) is 0 Å². The van der Waals surface area contributed by atoms with Crippen LogP contribution in [0.15, 0.2) is 36.7 Å². The molecule has 1 unspecified atom stereocenters. The molecule has 40 heavy (non-hydrogen) atoms. The van der Waals surface area contributed by atoms with Crippen LogP contribution < -0.4 is 0 Å². The number of pyridine rings is 1. The third-order valence-electron chi connectivity index (χ3n) is 5.54. The molecule has 0 aliphatic carbocycles. The molecule has 4 heterocycles. The smallest absolute Gasteiger partial charge is 0.475 e. The molecule has 0 aromatic carbocycles. The van der Waals surface area contributed by atoms with E-state index in [2.05, 4.69) is 15.0 Å². The van der Waals surface area contributed by atoms with Gasteiger partial charge in [-0.05, 0) is 31.0 Å². The number of carboxylic acids is 2. The highest BCUT2D eigenvalue weighted by Crippen LogP contribution is 2.21. The molecule has 11 nitrogen and oxygen atoms in total. The molecule has 1 saturated heterocycles. The second-order valence-corrected chi connectivity index (χ2v) is 8.62. The first-order chi connectivity index (χ1) is 18.7. The first kappa shape index (κ1) is 32.5. The number of halogens is 6. The van der Waals surface area contributed by atoms with Crippen molar-refractivity contribution in [2.24, 2.45) is 0 Å². The zero-order chi connectivity index (χ0) is 29.9. The Labute approximate surface area is 223 Å². The van der Waals surface area contributed by atoms with Crippen LogP contribution in [-0.2, 0) is 32.3 Å². The van der Waals surface area contributed by atoms with Crippen LogP contribution in [0.25, 0.3) is 0 Å². The summed E-state index contributed by atoms with van der Waals surface area (Å²) in [5, 5.41) is 18.7. The quantitative estimate of drug-likeness (QED) is 0.492. The van der Waals surface area contributed by atoms with E-state index in [4.69, 9.17) is 24.5 Å². The van der Waals surface area contributed by atoms with E-state index >= 15 is 0 Å². The fraction of sp³-hybridized carbons (Fsp3) is 0.522. The van der Waals surface area contributed by atoms with Gasteiger partial charge in [-0.1, -0.05) is 6.07 Å². The van der Waals surface area contributed by atoms with Gasteiger partial charge in [0.05, 0.1) is 37.2 Å². The van der Waals surface area contributed by atoms with E-state index in [0.29, 0.717) is 19.8 Å². The summed E-state index contributed by atoms with van der Waals surface area (Å²) >= 11 is 0. The van der Waals surface area contributed by atoms with Gasteiger partial charge in [-0.15, -0.1) is 0 Å². The van der Waals surface area contributed by atoms with E-state index in [1.54, 1.807) is 6.20 Å². The van der Waals surface area contributed by atoms with E-state index in [1.165, 1.54) is 0 Å². The summed E-state index contributed by atoms with van der Waals surface area (Å²) in [6.07, 6.45) is -4.31. The first-order valence-electron chi connectivity index (χ1n) is 11.8. The van der Waals surface area contributed by atoms with Gasteiger partial charge in [0.15, 0.2) is 0 Å².